The van der Waals surface area contributed by atoms with Crippen LogP contribution in [0.4, 0.5) is 0 Å². The molecule has 5 nitrogen and oxygen atoms in total. The smallest absolute Gasteiger partial charge is 0.242 e. The van der Waals surface area contributed by atoms with Gasteiger partial charge in [0.05, 0.1) is 0 Å². The number of nitrogens with two attached hydrogens (primary N) is 1. The molecule has 0 saturated heterocycles. The van der Waals surface area contributed by atoms with E-state index in [-0.39, 0.29) is 23.1 Å². The van der Waals surface area contributed by atoms with Crippen LogP contribution >= 0.6 is 0 Å². The molecule has 0 aromatic carbocycles. The van der Waals surface area contributed by atoms with Gasteiger partial charge in [-0.3, -0.25) is 9.59 Å². The van der Waals surface area contributed by atoms with E-state index < -0.39 is 6.04 Å². The van der Waals surface area contributed by atoms with E-state index >= 15 is 0 Å². The quantitative estimate of drug-likeness (QED) is 0.587. The monoisotopic (exact) mass is 349 g/mol. The van der Waals surface area contributed by atoms with Crippen LogP contribution in [0.5, 0.6) is 0 Å². The van der Waals surface area contributed by atoms with Crippen LogP contribution in [-0.2, 0) is 9.59 Å². The zero-order valence-electron chi connectivity index (χ0n) is 15.9. The Kier molecular flexibility index (Phi) is 5.71. The molecule has 0 heterocycles. The number of unbranched alkanes of at least 4 members (excludes halogenated alkanes) is 1. The SMILES string of the molecule is CC(C)C(NC(=O)C12CC3CC(CC(C3)C1)C2)C(=O)NCCCCN. The molecule has 0 aromatic rings. The third-order valence-electron chi connectivity index (χ3n) is 6.69. The molecule has 2 amide bonds. The minimum Gasteiger partial charge on any atom is -0.354 e. The van der Waals surface area contributed by atoms with Crippen molar-refractivity contribution in [3.05, 3.63) is 0 Å². The van der Waals surface area contributed by atoms with Gasteiger partial charge in [0.25, 0.3) is 0 Å². The van der Waals surface area contributed by atoms with Gasteiger partial charge in [-0.1, -0.05) is 13.8 Å². The molecule has 0 aromatic heterocycles. The molecule has 142 valence electrons. The predicted octanol–water partition coefficient (Wildman–Crippen LogP) is 2.20. The molecule has 1 atom stereocenters. The molecule has 4 aliphatic rings. The Balaban J connectivity index is 1.60. The van der Waals surface area contributed by atoms with Crippen LogP contribution < -0.4 is 16.4 Å². The minimum atomic E-state index is -0.432. The molecular weight excluding hydrogens is 314 g/mol. The molecule has 0 radical (unpaired) electrons. The van der Waals surface area contributed by atoms with E-state index in [9.17, 15) is 9.59 Å². The Morgan fingerprint density at radius 3 is 2.08 bits per heavy atom. The lowest BCUT2D eigenvalue weighted by atomic mass is 9.49. The molecule has 4 N–H and O–H groups in total. The van der Waals surface area contributed by atoms with E-state index in [1.165, 1.54) is 19.3 Å². The highest BCUT2D eigenvalue weighted by molar-refractivity contribution is 5.90. The van der Waals surface area contributed by atoms with Crippen LogP contribution in [0.2, 0.25) is 0 Å². The summed E-state index contributed by atoms with van der Waals surface area (Å²) in [5.41, 5.74) is 5.30. The third-order valence-corrected chi connectivity index (χ3v) is 6.69. The van der Waals surface area contributed by atoms with Crippen molar-refractivity contribution >= 4 is 11.8 Å². The summed E-state index contributed by atoms with van der Waals surface area (Å²) in [7, 11) is 0. The standard InChI is InChI=1S/C20H35N3O2/c1-13(2)17(18(24)22-6-4-3-5-21)23-19(25)20-10-14-7-15(11-20)9-16(8-14)12-20/h13-17H,3-12,21H2,1-2H3,(H,22,24)(H,23,25). The Hall–Kier alpha value is -1.10. The van der Waals surface area contributed by atoms with Crippen molar-refractivity contribution in [3.63, 3.8) is 0 Å². The van der Waals surface area contributed by atoms with Gasteiger partial charge in [-0.15, -0.1) is 0 Å². The summed E-state index contributed by atoms with van der Waals surface area (Å²) in [5, 5.41) is 6.11. The van der Waals surface area contributed by atoms with Gasteiger partial charge in [0.1, 0.15) is 6.04 Å². The number of rotatable bonds is 8. The number of hydrogen-bond donors (Lipinski definition) is 3. The third kappa shape index (κ3) is 4.02. The first-order chi connectivity index (χ1) is 11.9. The van der Waals surface area contributed by atoms with E-state index in [2.05, 4.69) is 10.6 Å². The fourth-order valence-corrected chi connectivity index (χ4v) is 5.81. The fourth-order valence-electron chi connectivity index (χ4n) is 5.81. The van der Waals surface area contributed by atoms with Gasteiger partial charge in [-0.05, 0) is 81.6 Å². The Bertz CT molecular complexity index is 468. The second-order valence-electron chi connectivity index (χ2n) is 9.18. The van der Waals surface area contributed by atoms with Crippen LogP contribution in [0.1, 0.15) is 65.2 Å². The molecule has 25 heavy (non-hydrogen) atoms. The van der Waals surface area contributed by atoms with Gasteiger partial charge in [-0.25, -0.2) is 0 Å². The summed E-state index contributed by atoms with van der Waals surface area (Å²) >= 11 is 0. The zero-order chi connectivity index (χ0) is 18.0. The van der Waals surface area contributed by atoms with Gasteiger partial charge in [0.15, 0.2) is 0 Å². The van der Waals surface area contributed by atoms with Crippen molar-refractivity contribution in [2.75, 3.05) is 13.1 Å². The number of carbonyl (C=O) groups excluding carboxylic acids is 2. The topological polar surface area (TPSA) is 84.2 Å². The maximum atomic E-state index is 13.2. The molecule has 1 unspecified atom stereocenters. The van der Waals surface area contributed by atoms with Gasteiger partial charge in [-0.2, -0.15) is 0 Å². The summed E-state index contributed by atoms with van der Waals surface area (Å²) in [6, 6.07) is -0.432. The molecule has 0 spiro atoms. The molecule has 4 fully saturated rings. The van der Waals surface area contributed by atoms with Crippen molar-refractivity contribution < 1.29 is 9.59 Å². The number of carbonyl (C=O) groups is 2. The molecule has 4 rings (SSSR count). The maximum Gasteiger partial charge on any atom is 0.242 e. The van der Waals surface area contributed by atoms with Crippen molar-refractivity contribution in [2.24, 2.45) is 34.8 Å². The highest BCUT2D eigenvalue weighted by atomic mass is 16.2. The van der Waals surface area contributed by atoms with Crippen LogP contribution in [0, 0.1) is 29.1 Å². The number of amides is 2. The second-order valence-corrected chi connectivity index (χ2v) is 9.18. The normalized spacial score (nSPS) is 34.2. The first-order valence-corrected chi connectivity index (χ1v) is 10.2. The van der Waals surface area contributed by atoms with E-state index in [4.69, 9.17) is 5.73 Å². The van der Waals surface area contributed by atoms with Crippen LogP contribution in [0.3, 0.4) is 0 Å². The Morgan fingerprint density at radius 1 is 1.04 bits per heavy atom. The van der Waals surface area contributed by atoms with Crippen molar-refractivity contribution in [1.29, 1.82) is 0 Å². The number of nitrogens with one attached hydrogen (secondary N) is 2. The van der Waals surface area contributed by atoms with E-state index in [0.717, 1.165) is 49.9 Å². The second kappa shape index (κ2) is 7.65. The average molecular weight is 350 g/mol. The molecule has 4 saturated carbocycles. The fraction of sp³-hybridized carbons (Fsp3) is 0.900. The molecule has 4 bridgehead atoms. The van der Waals surface area contributed by atoms with Gasteiger partial charge < -0.3 is 16.4 Å². The zero-order valence-corrected chi connectivity index (χ0v) is 15.9. The van der Waals surface area contributed by atoms with E-state index in [1.54, 1.807) is 0 Å². The van der Waals surface area contributed by atoms with Crippen LogP contribution in [0.15, 0.2) is 0 Å². The molecule has 5 heteroatoms. The Morgan fingerprint density at radius 2 is 1.60 bits per heavy atom. The van der Waals surface area contributed by atoms with E-state index in [1.807, 2.05) is 13.8 Å². The maximum absolute atomic E-state index is 13.2. The van der Waals surface area contributed by atoms with Gasteiger partial charge >= 0.3 is 0 Å². The van der Waals surface area contributed by atoms with Crippen molar-refractivity contribution in [2.45, 2.75) is 71.3 Å². The predicted molar refractivity (Wildman–Crippen MR) is 98.7 cm³/mol. The largest absolute Gasteiger partial charge is 0.354 e. The lowest BCUT2D eigenvalue weighted by molar-refractivity contribution is -0.149. The first kappa shape index (κ1) is 18.7. The minimum absolute atomic E-state index is 0.0508. The summed E-state index contributed by atoms with van der Waals surface area (Å²) in [6.45, 7) is 5.28. The van der Waals surface area contributed by atoms with E-state index in [0.29, 0.717) is 13.1 Å². The highest BCUT2D eigenvalue weighted by Gasteiger charge is 2.55. The molecular formula is C20H35N3O2. The van der Waals surface area contributed by atoms with Crippen LogP contribution in [0.25, 0.3) is 0 Å². The lowest BCUT2D eigenvalue weighted by Crippen LogP contribution is -2.58. The Labute approximate surface area is 151 Å². The molecule has 4 aliphatic carbocycles. The van der Waals surface area contributed by atoms with Crippen molar-refractivity contribution in [1.82, 2.24) is 10.6 Å². The summed E-state index contributed by atoms with van der Waals surface area (Å²) in [5.74, 6) is 2.39. The summed E-state index contributed by atoms with van der Waals surface area (Å²) in [6.07, 6.45) is 8.86. The van der Waals surface area contributed by atoms with Crippen LogP contribution in [-0.4, -0.2) is 30.9 Å². The summed E-state index contributed by atoms with van der Waals surface area (Å²) < 4.78 is 0. The number of hydrogen-bond acceptors (Lipinski definition) is 3. The van der Waals surface area contributed by atoms with Gasteiger partial charge in [0, 0.05) is 12.0 Å². The van der Waals surface area contributed by atoms with Crippen molar-refractivity contribution in [3.8, 4) is 0 Å². The average Bonchev–Trinajstić information content (AvgIpc) is 2.54. The first-order valence-electron chi connectivity index (χ1n) is 10.2. The highest BCUT2D eigenvalue weighted by Crippen LogP contribution is 2.60. The molecule has 0 aliphatic heterocycles. The van der Waals surface area contributed by atoms with Gasteiger partial charge in [0.2, 0.25) is 11.8 Å². The summed E-state index contributed by atoms with van der Waals surface area (Å²) in [4.78, 5) is 25.7. The lowest BCUT2D eigenvalue weighted by Gasteiger charge is -2.55.